The Morgan fingerprint density at radius 3 is 2.53 bits per heavy atom. The van der Waals surface area contributed by atoms with E-state index in [0.717, 1.165) is 0 Å². The molecule has 0 aliphatic carbocycles. The van der Waals surface area contributed by atoms with Gasteiger partial charge in [-0.1, -0.05) is 13.5 Å². The summed E-state index contributed by atoms with van der Waals surface area (Å²) in [7, 11) is -4.08. The summed E-state index contributed by atoms with van der Waals surface area (Å²) in [5, 5.41) is 8.30. The maximum absolute atomic E-state index is 11.1. The van der Waals surface area contributed by atoms with Crippen molar-refractivity contribution in [1.82, 2.24) is 0 Å². The zero-order valence-corrected chi connectivity index (χ0v) is 10.3. The number of phosphoric ester groups is 1. The lowest BCUT2D eigenvalue weighted by atomic mass is 10.3. The van der Waals surface area contributed by atoms with Crippen LogP contribution in [0.25, 0.3) is 0 Å². The first kappa shape index (κ1) is 15.8. The molecular weight excluding hydrogens is 249 g/mol. The third-order valence-electron chi connectivity index (χ3n) is 1.41. The number of carbonyl (C=O) groups excluding carboxylic acids is 1. The van der Waals surface area contributed by atoms with Gasteiger partial charge in [-0.15, -0.1) is 0 Å². The van der Waals surface area contributed by atoms with Crippen LogP contribution < -0.4 is 0 Å². The minimum absolute atomic E-state index is 0.0960. The van der Waals surface area contributed by atoms with Crippen molar-refractivity contribution >= 4 is 13.8 Å². The highest BCUT2D eigenvalue weighted by Gasteiger charge is 2.20. The van der Waals surface area contributed by atoms with Crippen LogP contribution in [0.1, 0.15) is 13.3 Å². The summed E-state index contributed by atoms with van der Waals surface area (Å²) in [5.74, 6) is -0.890. The average molecular weight is 263 g/mol. The summed E-state index contributed by atoms with van der Waals surface area (Å²) in [6.45, 7) is 4.44. The van der Waals surface area contributed by atoms with E-state index in [1.54, 1.807) is 6.92 Å². The van der Waals surface area contributed by atoms with Crippen LogP contribution in [0.3, 0.4) is 0 Å². The monoisotopic (exact) mass is 263 g/mol. The van der Waals surface area contributed by atoms with E-state index < -0.39 is 13.8 Å². The second kappa shape index (κ2) is 7.98. The summed E-state index contributed by atoms with van der Waals surface area (Å²) < 4.78 is 24.7. The Morgan fingerprint density at radius 2 is 2.00 bits per heavy atom. The van der Waals surface area contributed by atoms with Crippen LogP contribution in [-0.2, 0) is 23.1 Å². The van der Waals surface area contributed by atoms with E-state index in [9.17, 15) is 9.36 Å². The zero-order valence-electron chi connectivity index (χ0n) is 9.42. The molecule has 0 radical (unpaired) electrons. The van der Waals surface area contributed by atoms with Crippen molar-refractivity contribution in [3.05, 3.63) is 12.2 Å². The maximum atomic E-state index is 11.1. The molecule has 0 aromatic carbocycles. The van der Waals surface area contributed by atoms with Crippen LogP contribution in [0.4, 0.5) is 0 Å². The first-order chi connectivity index (χ1) is 7.93. The van der Waals surface area contributed by atoms with Gasteiger partial charge < -0.3 is 9.63 Å². The van der Waals surface area contributed by atoms with Crippen molar-refractivity contribution in [2.75, 3.05) is 19.8 Å². The molecule has 0 amide bonds. The van der Waals surface area contributed by atoms with Crippen molar-refractivity contribution in [1.29, 1.82) is 5.26 Å². The van der Waals surface area contributed by atoms with E-state index in [1.807, 2.05) is 0 Å². The van der Waals surface area contributed by atoms with Crippen molar-refractivity contribution in [2.24, 2.45) is 0 Å². The molecular formula is C9H14NO6P. The smallest absolute Gasteiger partial charge is 0.459 e. The number of ether oxygens (including phenoxy) is 1. The van der Waals surface area contributed by atoms with E-state index in [1.165, 1.54) is 6.07 Å². The Labute approximate surface area is 99.2 Å². The molecule has 1 N–H and O–H groups in total. The molecule has 0 rings (SSSR count). The SMILES string of the molecule is C=C(C#N)C(=O)OCCOP(=O)(O)OCCC. The lowest BCUT2D eigenvalue weighted by molar-refractivity contribution is -0.139. The molecule has 1 unspecified atom stereocenters. The molecule has 96 valence electrons. The van der Waals surface area contributed by atoms with Crippen LogP contribution in [-0.4, -0.2) is 30.7 Å². The van der Waals surface area contributed by atoms with Crippen LogP contribution in [0.5, 0.6) is 0 Å². The molecule has 8 heteroatoms. The molecule has 0 aliphatic heterocycles. The Kier molecular flexibility index (Phi) is 7.42. The minimum atomic E-state index is -4.08. The van der Waals surface area contributed by atoms with Crippen molar-refractivity contribution in [2.45, 2.75) is 13.3 Å². The zero-order chi connectivity index (χ0) is 13.3. The standard InChI is InChI=1S/C9H14NO6P/c1-3-4-15-17(12,13)16-6-5-14-9(11)8(2)7-10/h2-6H2,1H3,(H,12,13). The fraction of sp³-hybridized carbons (Fsp3) is 0.556. The number of hydrogen-bond donors (Lipinski definition) is 1. The summed E-state index contributed by atoms with van der Waals surface area (Å²) in [4.78, 5) is 20.0. The third-order valence-corrected chi connectivity index (χ3v) is 2.43. The second-order valence-corrected chi connectivity index (χ2v) is 4.31. The van der Waals surface area contributed by atoms with Gasteiger partial charge >= 0.3 is 13.8 Å². The van der Waals surface area contributed by atoms with Gasteiger partial charge in [0.15, 0.2) is 0 Å². The topological polar surface area (TPSA) is 106 Å². The first-order valence-electron chi connectivity index (χ1n) is 4.81. The summed E-state index contributed by atoms with van der Waals surface area (Å²) in [5.41, 5.74) is -0.348. The molecule has 0 fully saturated rings. The predicted octanol–water partition coefficient (Wildman–Crippen LogP) is 1.15. The molecule has 0 heterocycles. The number of nitriles is 1. The largest absolute Gasteiger partial charge is 0.472 e. The number of carbonyl (C=O) groups is 1. The predicted molar refractivity (Wildman–Crippen MR) is 57.7 cm³/mol. The fourth-order valence-electron chi connectivity index (χ4n) is 0.664. The summed E-state index contributed by atoms with van der Waals surface area (Å²) >= 11 is 0. The van der Waals surface area contributed by atoms with Gasteiger partial charge in [0.25, 0.3) is 0 Å². The Hall–Kier alpha value is -1.19. The maximum Gasteiger partial charge on any atom is 0.472 e. The minimum Gasteiger partial charge on any atom is -0.459 e. The quantitative estimate of drug-likeness (QED) is 0.230. The summed E-state index contributed by atoms with van der Waals surface area (Å²) in [6.07, 6.45) is 0.574. The molecule has 0 spiro atoms. The lowest BCUT2D eigenvalue weighted by Crippen LogP contribution is -2.11. The van der Waals surface area contributed by atoms with E-state index in [0.29, 0.717) is 6.42 Å². The number of rotatable bonds is 8. The van der Waals surface area contributed by atoms with Crippen LogP contribution in [0.15, 0.2) is 12.2 Å². The van der Waals surface area contributed by atoms with Gasteiger partial charge in [-0.05, 0) is 6.42 Å². The molecule has 0 bridgehead atoms. The molecule has 1 atom stereocenters. The Balaban J connectivity index is 3.78. The van der Waals surface area contributed by atoms with Crippen LogP contribution in [0.2, 0.25) is 0 Å². The van der Waals surface area contributed by atoms with Gasteiger partial charge in [-0.2, -0.15) is 5.26 Å². The highest BCUT2D eigenvalue weighted by Crippen LogP contribution is 2.42. The van der Waals surface area contributed by atoms with Gasteiger partial charge in [0.05, 0.1) is 13.2 Å². The average Bonchev–Trinajstić information content (AvgIpc) is 2.30. The summed E-state index contributed by atoms with van der Waals surface area (Å²) in [6, 6.07) is 1.51. The van der Waals surface area contributed by atoms with E-state index in [4.69, 9.17) is 10.2 Å². The van der Waals surface area contributed by atoms with E-state index in [2.05, 4.69) is 20.4 Å². The highest BCUT2D eigenvalue weighted by molar-refractivity contribution is 7.47. The molecule has 0 saturated carbocycles. The van der Waals surface area contributed by atoms with Gasteiger partial charge in [-0.3, -0.25) is 9.05 Å². The van der Waals surface area contributed by atoms with Crippen molar-refractivity contribution in [3.63, 3.8) is 0 Å². The number of esters is 1. The molecule has 17 heavy (non-hydrogen) atoms. The second-order valence-electron chi connectivity index (χ2n) is 2.86. The molecule has 7 nitrogen and oxygen atoms in total. The van der Waals surface area contributed by atoms with Crippen LogP contribution in [0, 0.1) is 11.3 Å². The van der Waals surface area contributed by atoms with Gasteiger partial charge in [0, 0.05) is 0 Å². The fourth-order valence-corrected chi connectivity index (χ4v) is 1.46. The molecule has 0 saturated heterocycles. The van der Waals surface area contributed by atoms with Gasteiger partial charge in [-0.25, -0.2) is 9.36 Å². The Morgan fingerprint density at radius 1 is 1.41 bits per heavy atom. The number of phosphoric acid groups is 1. The molecule has 0 aromatic heterocycles. The van der Waals surface area contributed by atoms with E-state index in [-0.39, 0.29) is 25.4 Å². The first-order valence-corrected chi connectivity index (χ1v) is 6.30. The van der Waals surface area contributed by atoms with Crippen molar-refractivity contribution in [3.8, 4) is 6.07 Å². The Bertz CT molecular complexity index is 361. The normalized spacial score (nSPS) is 13.5. The van der Waals surface area contributed by atoms with E-state index >= 15 is 0 Å². The third kappa shape index (κ3) is 7.66. The van der Waals surface area contributed by atoms with Crippen molar-refractivity contribution < 1.29 is 28.0 Å². The molecule has 0 aromatic rings. The van der Waals surface area contributed by atoms with Crippen LogP contribution >= 0.6 is 7.82 Å². The highest BCUT2D eigenvalue weighted by atomic mass is 31.2. The van der Waals surface area contributed by atoms with Gasteiger partial charge in [0.2, 0.25) is 0 Å². The number of hydrogen-bond acceptors (Lipinski definition) is 6. The molecule has 0 aliphatic rings. The lowest BCUT2D eigenvalue weighted by Gasteiger charge is -2.11. The van der Waals surface area contributed by atoms with Gasteiger partial charge in [0.1, 0.15) is 18.2 Å². The number of nitrogens with zero attached hydrogens (tertiary/aromatic N) is 1.